The van der Waals surface area contributed by atoms with Crippen molar-refractivity contribution < 1.29 is 0 Å². The van der Waals surface area contributed by atoms with Crippen molar-refractivity contribution in [2.24, 2.45) is 4.99 Å². The Kier molecular flexibility index (Phi) is 4.65. The molecule has 4 aromatic rings. The van der Waals surface area contributed by atoms with Crippen LogP contribution in [0.2, 0.25) is 0 Å². The number of benzene rings is 4. The fourth-order valence-corrected chi connectivity index (χ4v) is 4.06. The highest BCUT2D eigenvalue weighted by Gasteiger charge is 2.29. The molecule has 1 nitrogen and oxygen atoms in total. The molecule has 0 bridgehead atoms. The van der Waals surface area contributed by atoms with Crippen molar-refractivity contribution in [3.05, 3.63) is 137 Å². The zero-order valence-corrected chi connectivity index (χ0v) is 17.3. The maximum Gasteiger partial charge on any atom is 0.0800 e. The summed E-state index contributed by atoms with van der Waals surface area (Å²) in [5.74, 6) is 0. The average molecular weight is 386 g/mol. The van der Waals surface area contributed by atoms with Crippen molar-refractivity contribution in [3.8, 4) is 0 Å². The normalized spacial score (nSPS) is 14.3. The summed E-state index contributed by atoms with van der Waals surface area (Å²) in [5, 5.41) is 0. The van der Waals surface area contributed by atoms with Crippen molar-refractivity contribution in [3.63, 3.8) is 0 Å². The third kappa shape index (κ3) is 3.29. The Labute approximate surface area is 178 Å². The monoisotopic (exact) mass is 385 g/mol. The molecule has 0 atom stereocenters. The second kappa shape index (κ2) is 7.61. The minimum Gasteiger partial charge on any atom is -0.248 e. The van der Waals surface area contributed by atoms with Crippen molar-refractivity contribution in [1.82, 2.24) is 0 Å². The largest absolute Gasteiger partial charge is 0.248 e. The first-order valence-corrected chi connectivity index (χ1v) is 10.3. The lowest BCUT2D eigenvalue weighted by Crippen LogP contribution is -2.00. The zero-order chi connectivity index (χ0) is 20.5. The number of para-hydroxylation sites is 1. The molecule has 1 aliphatic carbocycles. The van der Waals surface area contributed by atoms with Gasteiger partial charge in [-0.25, -0.2) is 4.99 Å². The van der Waals surface area contributed by atoms with Gasteiger partial charge >= 0.3 is 0 Å². The molecule has 0 saturated heterocycles. The minimum atomic E-state index is 0.970. The van der Waals surface area contributed by atoms with Gasteiger partial charge < -0.3 is 0 Å². The molecule has 0 fully saturated rings. The maximum absolute atomic E-state index is 5.13. The van der Waals surface area contributed by atoms with E-state index in [2.05, 4.69) is 98.8 Å². The van der Waals surface area contributed by atoms with Crippen molar-refractivity contribution >= 4 is 22.5 Å². The lowest BCUT2D eigenvalue weighted by atomic mass is 9.93. The summed E-state index contributed by atoms with van der Waals surface area (Å²) in [5.41, 5.74) is 11.8. The molecule has 30 heavy (non-hydrogen) atoms. The Bertz CT molecular complexity index is 1260. The topological polar surface area (TPSA) is 12.4 Å². The lowest BCUT2D eigenvalue weighted by Gasteiger charge is -2.11. The quantitative estimate of drug-likeness (QED) is 0.348. The van der Waals surface area contributed by atoms with Crippen LogP contribution in [-0.4, -0.2) is 5.71 Å². The number of fused-ring (bicyclic) bond motifs is 1. The first-order valence-electron chi connectivity index (χ1n) is 10.3. The summed E-state index contributed by atoms with van der Waals surface area (Å²) >= 11 is 0. The van der Waals surface area contributed by atoms with E-state index in [1.807, 2.05) is 18.2 Å². The van der Waals surface area contributed by atoms with E-state index in [1.165, 1.54) is 44.5 Å². The predicted octanol–water partition coefficient (Wildman–Crippen LogP) is 7.40. The molecule has 0 N–H and O–H groups in total. The standard InChI is InChI=1S/C29H23N/c1-20-12-16-22(17-13-20)27-25-10-6-7-11-26(25)29(30-24-8-4-3-5-9-24)28(27)23-18-14-21(2)15-19-23/h3-19H,1-2H3. The van der Waals surface area contributed by atoms with Crippen LogP contribution in [0.3, 0.4) is 0 Å². The molecule has 144 valence electrons. The molecule has 0 amide bonds. The SMILES string of the molecule is Cc1ccc(C2=C(c3ccc(C)cc3)c3ccccc3C2=Nc2ccccc2)cc1. The molecular weight excluding hydrogens is 362 g/mol. The van der Waals surface area contributed by atoms with Crippen LogP contribution in [0.4, 0.5) is 5.69 Å². The first kappa shape index (κ1) is 18.3. The Balaban J connectivity index is 1.83. The summed E-state index contributed by atoms with van der Waals surface area (Å²) in [7, 11) is 0. The number of allylic oxidation sites excluding steroid dienone is 1. The zero-order valence-electron chi connectivity index (χ0n) is 17.3. The minimum absolute atomic E-state index is 0.970. The van der Waals surface area contributed by atoms with Gasteiger partial charge in [0.05, 0.1) is 11.4 Å². The number of hydrogen-bond donors (Lipinski definition) is 0. The van der Waals surface area contributed by atoms with Crippen LogP contribution in [0.25, 0.3) is 11.1 Å². The third-order valence-electron chi connectivity index (χ3n) is 5.62. The van der Waals surface area contributed by atoms with Crippen LogP contribution in [-0.2, 0) is 0 Å². The van der Waals surface area contributed by atoms with Gasteiger partial charge in [-0.05, 0) is 48.2 Å². The maximum atomic E-state index is 5.13. The smallest absolute Gasteiger partial charge is 0.0800 e. The Hall–Kier alpha value is -3.71. The highest BCUT2D eigenvalue weighted by Crippen LogP contribution is 2.43. The summed E-state index contributed by atoms with van der Waals surface area (Å²) in [6, 6.07) is 36.4. The second-order valence-electron chi connectivity index (χ2n) is 7.82. The van der Waals surface area contributed by atoms with Gasteiger partial charge in [0.1, 0.15) is 0 Å². The molecule has 1 aliphatic rings. The van der Waals surface area contributed by atoms with E-state index in [1.54, 1.807) is 0 Å². The lowest BCUT2D eigenvalue weighted by molar-refractivity contribution is 1.44. The molecule has 5 rings (SSSR count). The molecule has 0 saturated carbocycles. The molecule has 4 aromatic carbocycles. The van der Waals surface area contributed by atoms with Crippen molar-refractivity contribution in [1.29, 1.82) is 0 Å². The van der Waals surface area contributed by atoms with Crippen LogP contribution in [0.15, 0.2) is 108 Å². The molecule has 0 aromatic heterocycles. The number of aliphatic imine (C=N–C) groups is 1. The van der Waals surface area contributed by atoms with E-state index < -0.39 is 0 Å². The molecule has 0 spiro atoms. The molecule has 1 heteroatoms. The fraction of sp³-hybridized carbons (Fsp3) is 0.0690. The van der Waals surface area contributed by atoms with E-state index in [-0.39, 0.29) is 0 Å². The van der Waals surface area contributed by atoms with Gasteiger partial charge in [-0.1, -0.05) is 102 Å². The second-order valence-corrected chi connectivity index (χ2v) is 7.82. The predicted molar refractivity (Wildman–Crippen MR) is 127 cm³/mol. The molecule has 0 radical (unpaired) electrons. The van der Waals surface area contributed by atoms with Gasteiger partial charge in [0.2, 0.25) is 0 Å². The van der Waals surface area contributed by atoms with Crippen LogP contribution in [0.5, 0.6) is 0 Å². The summed E-state index contributed by atoms with van der Waals surface area (Å²) in [6.07, 6.45) is 0. The van der Waals surface area contributed by atoms with Gasteiger partial charge in [0.25, 0.3) is 0 Å². The van der Waals surface area contributed by atoms with E-state index in [0.717, 1.165) is 11.4 Å². The Morgan fingerprint density at radius 1 is 0.467 bits per heavy atom. The van der Waals surface area contributed by atoms with Crippen LogP contribution in [0.1, 0.15) is 33.4 Å². The van der Waals surface area contributed by atoms with E-state index in [9.17, 15) is 0 Å². The highest BCUT2D eigenvalue weighted by molar-refractivity contribution is 6.44. The van der Waals surface area contributed by atoms with E-state index in [0.29, 0.717) is 0 Å². The molecule has 0 heterocycles. The fourth-order valence-electron chi connectivity index (χ4n) is 4.06. The number of aryl methyl sites for hydroxylation is 2. The highest BCUT2D eigenvalue weighted by atomic mass is 14.8. The number of rotatable bonds is 3. The van der Waals surface area contributed by atoms with Crippen LogP contribution in [0, 0.1) is 13.8 Å². The first-order chi connectivity index (χ1) is 14.7. The van der Waals surface area contributed by atoms with Crippen LogP contribution < -0.4 is 0 Å². The van der Waals surface area contributed by atoms with Crippen molar-refractivity contribution in [2.45, 2.75) is 13.8 Å². The summed E-state index contributed by atoms with van der Waals surface area (Å²) < 4.78 is 0. The molecule has 0 unspecified atom stereocenters. The Morgan fingerprint density at radius 2 is 0.967 bits per heavy atom. The Morgan fingerprint density at radius 3 is 1.57 bits per heavy atom. The van der Waals surface area contributed by atoms with E-state index >= 15 is 0 Å². The van der Waals surface area contributed by atoms with E-state index in [4.69, 9.17) is 4.99 Å². The number of hydrogen-bond acceptors (Lipinski definition) is 1. The molecular formula is C29H23N. The average Bonchev–Trinajstić information content (AvgIpc) is 3.10. The summed E-state index contributed by atoms with van der Waals surface area (Å²) in [4.78, 5) is 5.13. The summed E-state index contributed by atoms with van der Waals surface area (Å²) in [6.45, 7) is 4.26. The van der Waals surface area contributed by atoms with Gasteiger partial charge in [0, 0.05) is 11.1 Å². The third-order valence-corrected chi connectivity index (χ3v) is 5.62. The van der Waals surface area contributed by atoms with Gasteiger partial charge in [-0.15, -0.1) is 0 Å². The van der Waals surface area contributed by atoms with Crippen LogP contribution >= 0.6 is 0 Å². The number of nitrogens with zero attached hydrogens (tertiary/aromatic N) is 1. The molecule has 0 aliphatic heterocycles. The van der Waals surface area contributed by atoms with Gasteiger partial charge in [-0.3, -0.25) is 0 Å². The van der Waals surface area contributed by atoms with Gasteiger partial charge in [0.15, 0.2) is 0 Å². The van der Waals surface area contributed by atoms with Gasteiger partial charge in [-0.2, -0.15) is 0 Å². The van der Waals surface area contributed by atoms with Crippen molar-refractivity contribution in [2.75, 3.05) is 0 Å².